The average Bonchev–Trinajstić information content (AvgIpc) is 3.06. The van der Waals surface area contributed by atoms with Crippen LogP contribution in [-0.2, 0) is 26.2 Å². The van der Waals surface area contributed by atoms with Crippen LogP contribution in [0.15, 0.2) is 72.8 Å². The molecule has 1 aliphatic rings. The number of carbonyl (C=O) groups excluding carboxylic acids is 3. The molecule has 4 N–H and O–H groups in total. The number of fused-ring (bicyclic) bond motifs is 4. The van der Waals surface area contributed by atoms with E-state index in [9.17, 15) is 27.9 Å². The van der Waals surface area contributed by atoms with Crippen LogP contribution in [0.5, 0.6) is 0 Å². The van der Waals surface area contributed by atoms with Gasteiger partial charge in [-0.1, -0.05) is 82.3 Å². The van der Waals surface area contributed by atoms with Crippen LogP contribution in [0, 0.1) is 17.8 Å². The number of benzene rings is 3. The molecule has 0 spiro atoms. The van der Waals surface area contributed by atoms with Gasteiger partial charge in [-0.2, -0.15) is 0 Å². The van der Waals surface area contributed by atoms with Gasteiger partial charge in [0.2, 0.25) is 15.9 Å². The van der Waals surface area contributed by atoms with E-state index in [0.29, 0.717) is 6.54 Å². The first-order valence-electron chi connectivity index (χ1n) is 16.5. The second kappa shape index (κ2) is 16.4. The quantitative estimate of drug-likeness (QED) is 0.250. The number of amides is 3. The topological polar surface area (TPSA) is 154 Å². The first-order chi connectivity index (χ1) is 23.1. The standard InChI is InChI=1S/C37H48N4O7S/c1-23(2)20-38-37(45)31(24(3)4)19-33(42)32-22-48-21-25-11-10-14-27(15-25)34(26-12-8-7-9-13-26)40-36(44)29-16-28(35(43)39-32)17-30(18-29)41(5)49(6,46)47/h7-18,23-24,31-34,42H,19-22H2,1-6H3,(H,38,45)(H,39,43)(H,40,44)/t31-,32-,33-,34+/m0/s1. The van der Waals surface area contributed by atoms with E-state index in [1.807, 2.05) is 82.3 Å². The Morgan fingerprint density at radius 1 is 0.939 bits per heavy atom. The summed E-state index contributed by atoms with van der Waals surface area (Å²) in [4.78, 5) is 40.9. The van der Waals surface area contributed by atoms with Crippen molar-refractivity contribution < 1.29 is 32.6 Å². The van der Waals surface area contributed by atoms with Crippen molar-refractivity contribution in [1.82, 2.24) is 16.0 Å². The summed E-state index contributed by atoms with van der Waals surface area (Å²) in [5.74, 6) is -1.72. The zero-order chi connectivity index (χ0) is 35.9. The van der Waals surface area contributed by atoms with Gasteiger partial charge >= 0.3 is 0 Å². The minimum absolute atomic E-state index is 0.0112. The Kier molecular flexibility index (Phi) is 12.6. The molecule has 1 aliphatic heterocycles. The van der Waals surface area contributed by atoms with Crippen molar-refractivity contribution in [3.63, 3.8) is 0 Å². The van der Waals surface area contributed by atoms with E-state index in [-0.39, 0.29) is 54.2 Å². The van der Waals surface area contributed by atoms with Gasteiger partial charge in [-0.25, -0.2) is 8.42 Å². The highest BCUT2D eigenvalue weighted by atomic mass is 32.2. The van der Waals surface area contributed by atoms with E-state index < -0.39 is 45.9 Å². The molecular formula is C37H48N4O7S. The number of nitrogens with one attached hydrogen (secondary N) is 3. The number of nitrogens with zero attached hydrogens (tertiary/aromatic N) is 1. The van der Waals surface area contributed by atoms with Crippen molar-refractivity contribution in [2.75, 3.05) is 30.8 Å². The van der Waals surface area contributed by atoms with Crippen LogP contribution in [0.3, 0.4) is 0 Å². The van der Waals surface area contributed by atoms with Crippen LogP contribution in [-0.4, -0.2) is 69.8 Å². The Labute approximate surface area is 289 Å². The smallest absolute Gasteiger partial charge is 0.252 e. The van der Waals surface area contributed by atoms with Crippen molar-refractivity contribution in [3.8, 4) is 0 Å². The highest BCUT2D eigenvalue weighted by molar-refractivity contribution is 7.92. The zero-order valence-electron chi connectivity index (χ0n) is 29.0. The predicted molar refractivity (Wildman–Crippen MR) is 190 cm³/mol. The summed E-state index contributed by atoms with van der Waals surface area (Å²) in [5.41, 5.74) is 2.61. The molecule has 11 nitrogen and oxygen atoms in total. The fourth-order valence-corrected chi connectivity index (χ4v) is 6.16. The van der Waals surface area contributed by atoms with Crippen LogP contribution < -0.4 is 20.3 Å². The second-order valence-electron chi connectivity index (χ2n) is 13.4. The highest BCUT2D eigenvalue weighted by Crippen LogP contribution is 2.27. The molecule has 0 saturated heterocycles. The molecule has 1 heterocycles. The minimum Gasteiger partial charge on any atom is -0.391 e. The number of hydrogen-bond acceptors (Lipinski definition) is 7. The monoisotopic (exact) mass is 692 g/mol. The van der Waals surface area contributed by atoms with E-state index in [1.54, 1.807) is 0 Å². The van der Waals surface area contributed by atoms with Crippen molar-refractivity contribution in [1.29, 1.82) is 0 Å². The number of aliphatic hydroxyl groups is 1. The molecule has 4 rings (SSSR count). The average molecular weight is 693 g/mol. The maximum atomic E-state index is 13.9. The molecule has 4 bridgehead atoms. The lowest BCUT2D eigenvalue weighted by Gasteiger charge is -2.29. The normalized spacial score (nSPS) is 18.5. The van der Waals surface area contributed by atoms with E-state index in [4.69, 9.17) is 4.74 Å². The van der Waals surface area contributed by atoms with Gasteiger partial charge in [-0.3, -0.25) is 18.7 Å². The number of hydrogen-bond donors (Lipinski definition) is 4. The van der Waals surface area contributed by atoms with Crippen LogP contribution in [0.2, 0.25) is 0 Å². The first-order valence-corrected chi connectivity index (χ1v) is 18.4. The molecule has 12 heteroatoms. The van der Waals surface area contributed by atoms with E-state index in [1.165, 1.54) is 25.2 Å². The molecule has 0 unspecified atom stereocenters. The van der Waals surface area contributed by atoms with E-state index in [2.05, 4.69) is 16.0 Å². The van der Waals surface area contributed by atoms with Crippen LogP contribution in [0.1, 0.15) is 77.6 Å². The summed E-state index contributed by atoms with van der Waals surface area (Å²) in [7, 11) is -2.42. The molecule has 3 amide bonds. The first kappa shape index (κ1) is 37.6. The van der Waals surface area contributed by atoms with Crippen LogP contribution >= 0.6 is 0 Å². The molecule has 0 saturated carbocycles. The third kappa shape index (κ3) is 10.1. The summed E-state index contributed by atoms with van der Waals surface area (Å²) in [5, 5.41) is 20.4. The zero-order valence-corrected chi connectivity index (χ0v) is 29.8. The van der Waals surface area contributed by atoms with Crippen molar-refractivity contribution >= 4 is 33.4 Å². The van der Waals surface area contributed by atoms with Crippen LogP contribution in [0.4, 0.5) is 5.69 Å². The summed E-state index contributed by atoms with van der Waals surface area (Å²) in [6, 6.07) is 19.7. The predicted octanol–water partition coefficient (Wildman–Crippen LogP) is 4.03. The molecule has 0 fully saturated rings. The van der Waals surface area contributed by atoms with Crippen molar-refractivity contribution in [2.24, 2.45) is 17.8 Å². The largest absolute Gasteiger partial charge is 0.391 e. The summed E-state index contributed by atoms with van der Waals surface area (Å²) in [6.07, 6.45) is -0.0795. The number of aliphatic hydroxyl groups excluding tert-OH is 1. The van der Waals surface area contributed by atoms with E-state index in [0.717, 1.165) is 27.3 Å². The van der Waals surface area contributed by atoms with Crippen molar-refractivity contribution in [3.05, 3.63) is 101 Å². The molecule has 3 aromatic carbocycles. The van der Waals surface area contributed by atoms with Crippen LogP contribution in [0.25, 0.3) is 0 Å². The molecule has 264 valence electrons. The van der Waals surface area contributed by atoms with Gasteiger partial charge in [-0.05, 0) is 53.1 Å². The third-order valence-corrected chi connectivity index (χ3v) is 9.87. The molecule has 3 aromatic rings. The Balaban J connectivity index is 1.77. The second-order valence-corrected chi connectivity index (χ2v) is 15.5. The lowest BCUT2D eigenvalue weighted by Crippen LogP contribution is -2.48. The van der Waals surface area contributed by atoms with Gasteiger partial charge in [0, 0.05) is 30.6 Å². The van der Waals surface area contributed by atoms with Gasteiger partial charge in [0.15, 0.2) is 0 Å². The summed E-state index contributed by atoms with van der Waals surface area (Å²) < 4.78 is 32.2. The van der Waals surface area contributed by atoms with E-state index >= 15 is 0 Å². The Morgan fingerprint density at radius 2 is 1.57 bits per heavy atom. The molecular weight excluding hydrogens is 644 g/mol. The third-order valence-electron chi connectivity index (χ3n) is 8.66. The van der Waals surface area contributed by atoms with Gasteiger partial charge in [0.25, 0.3) is 11.8 Å². The molecule has 49 heavy (non-hydrogen) atoms. The maximum Gasteiger partial charge on any atom is 0.252 e. The number of sulfonamides is 1. The molecule has 4 atom stereocenters. The molecule has 0 aliphatic carbocycles. The maximum absolute atomic E-state index is 13.9. The summed E-state index contributed by atoms with van der Waals surface area (Å²) >= 11 is 0. The number of carbonyl (C=O) groups is 3. The Hall–Kier alpha value is -4.26. The van der Waals surface area contributed by atoms with Gasteiger partial charge in [0.05, 0.1) is 43.3 Å². The SMILES string of the molecule is CC(C)CNC(=O)[C@@H](C[C@H](O)[C@@H]1COCc2cccc(c2)[C@@H](c2ccccc2)NC(=O)c2cc(cc(N(C)S(C)(=O)=O)c2)C(=O)N1)C(C)C. The van der Waals surface area contributed by atoms with Crippen molar-refractivity contribution in [2.45, 2.75) is 58.9 Å². The number of anilines is 1. The fraction of sp³-hybridized carbons (Fsp3) is 0.432. The van der Waals surface area contributed by atoms with Gasteiger partial charge in [-0.15, -0.1) is 0 Å². The minimum atomic E-state index is -3.76. The number of rotatable bonds is 10. The molecule has 0 aromatic heterocycles. The fourth-order valence-electron chi connectivity index (χ4n) is 5.67. The Morgan fingerprint density at radius 3 is 2.18 bits per heavy atom. The Bertz CT molecular complexity index is 1730. The lowest BCUT2D eigenvalue weighted by molar-refractivity contribution is -0.128. The number of ether oxygens (including phenoxy) is 1. The van der Waals surface area contributed by atoms with Gasteiger partial charge < -0.3 is 25.8 Å². The molecule has 0 radical (unpaired) electrons. The lowest BCUT2D eigenvalue weighted by atomic mass is 9.87. The highest BCUT2D eigenvalue weighted by Gasteiger charge is 2.31. The summed E-state index contributed by atoms with van der Waals surface area (Å²) in [6.45, 7) is 8.39. The van der Waals surface area contributed by atoms with Gasteiger partial charge in [0.1, 0.15) is 0 Å².